The number of rotatable bonds is 4. The highest BCUT2D eigenvalue weighted by molar-refractivity contribution is 6.06. The average Bonchev–Trinajstić information content (AvgIpc) is 2.38. The first-order chi connectivity index (χ1) is 8.33. The van der Waals surface area contributed by atoms with Crippen LogP contribution in [0, 0.1) is 0 Å². The molecule has 1 N–H and O–H groups in total. The van der Waals surface area contributed by atoms with Gasteiger partial charge in [0.25, 0.3) is 5.91 Å². The first-order valence-electron chi connectivity index (χ1n) is 5.43. The van der Waals surface area contributed by atoms with Crippen LogP contribution in [0.15, 0.2) is 36.7 Å². The molecule has 4 nitrogen and oxygen atoms in total. The van der Waals surface area contributed by atoms with Crippen molar-refractivity contribution in [2.75, 3.05) is 20.3 Å². The van der Waals surface area contributed by atoms with E-state index in [2.05, 4.69) is 10.3 Å². The van der Waals surface area contributed by atoms with Gasteiger partial charge < -0.3 is 10.1 Å². The minimum Gasteiger partial charge on any atom is -0.383 e. The highest BCUT2D eigenvalue weighted by atomic mass is 16.5. The number of amides is 1. The van der Waals surface area contributed by atoms with Crippen molar-refractivity contribution in [3.05, 3.63) is 42.2 Å². The van der Waals surface area contributed by atoms with E-state index in [0.717, 1.165) is 10.8 Å². The Kier molecular flexibility index (Phi) is 3.67. The maximum atomic E-state index is 11.9. The number of aromatic nitrogens is 1. The van der Waals surface area contributed by atoms with Gasteiger partial charge >= 0.3 is 0 Å². The lowest BCUT2D eigenvalue weighted by Crippen LogP contribution is -2.27. The highest BCUT2D eigenvalue weighted by Gasteiger charge is 2.09. The van der Waals surface area contributed by atoms with E-state index in [1.165, 1.54) is 0 Å². The Morgan fingerprint density at radius 1 is 1.35 bits per heavy atom. The number of methoxy groups -OCH3 is 1. The molecule has 0 aliphatic rings. The summed E-state index contributed by atoms with van der Waals surface area (Å²) in [5.74, 6) is -0.119. The number of carbonyl (C=O) groups is 1. The van der Waals surface area contributed by atoms with E-state index in [4.69, 9.17) is 4.74 Å². The van der Waals surface area contributed by atoms with E-state index < -0.39 is 0 Å². The van der Waals surface area contributed by atoms with Crippen LogP contribution in [-0.2, 0) is 4.74 Å². The summed E-state index contributed by atoms with van der Waals surface area (Å²) in [4.78, 5) is 16.0. The van der Waals surface area contributed by atoms with Crippen molar-refractivity contribution < 1.29 is 9.53 Å². The third-order valence-corrected chi connectivity index (χ3v) is 2.50. The monoisotopic (exact) mass is 230 g/mol. The van der Waals surface area contributed by atoms with Crippen LogP contribution < -0.4 is 5.32 Å². The summed E-state index contributed by atoms with van der Waals surface area (Å²) < 4.78 is 4.89. The number of fused-ring (bicyclic) bond motifs is 1. The Bertz CT molecular complexity index is 520. The molecule has 0 fully saturated rings. The lowest BCUT2D eigenvalue weighted by molar-refractivity contribution is 0.0938. The van der Waals surface area contributed by atoms with E-state index in [1.807, 2.05) is 24.3 Å². The molecule has 2 rings (SSSR count). The molecule has 0 bridgehead atoms. The zero-order valence-electron chi connectivity index (χ0n) is 9.64. The number of nitrogens with zero attached hydrogens (tertiary/aromatic N) is 1. The largest absolute Gasteiger partial charge is 0.383 e. The van der Waals surface area contributed by atoms with E-state index in [-0.39, 0.29) is 5.91 Å². The summed E-state index contributed by atoms with van der Waals surface area (Å²) in [5, 5.41) is 4.67. The standard InChI is InChI=1S/C13H14N2O2/c1-17-7-6-15-13(16)12-9-14-8-10-4-2-3-5-11(10)12/h2-5,8-9H,6-7H2,1H3,(H,15,16). The molecule has 4 heteroatoms. The van der Waals surface area contributed by atoms with Gasteiger partial charge in [0.05, 0.1) is 12.2 Å². The highest BCUT2D eigenvalue weighted by Crippen LogP contribution is 2.16. The predicted octanol–water partition coefficient (Wildman–Crippen LogP) is 1.61. The molecule has 0 saturated carbocycles. The normalized spacial score (nSPS) is 10.4. The van der Waals surface area contributed by atoms with Gasteiger partial charge in [-0.3, -0.25) is 9.78 Å². The maximum absolute atomic E-state index is 11.9. The van der Waals surface area contributed by atoms with Crippen molar-refractivity contribution in [3.8, 4) is 0 Å². The van der Waals surface area contributed by atoms with Gasteiger partial charge in [0.15, 0.2) is 0 Å². The molecule has 17 heavy (non-hydrogen) atoms. The number of ether oxygens (including phenoxy) is 1. The second kappa shape index (κ2) is 5.41. The van der Waals surface area contributed by atoms with Crippen molar-refractivity contribution in [2.45, 2.75) is 0 Å². The fraction of sp³-hybridized carbons (Fsp3) is 0.231. The first kappa shape index (κ1) is 11.5. The van der Waals surface area contributed by atoms with Crippen LogP contribution in [0.2, 0.25) is 0 Å². The molecule has 0 radical (unpaired) electrons. The summed E-state index contributed by atoms with van der Waals surface area (Å²) in [5.41, 5.74) is 0.596. The predicted molar refractivity (Wildman–Crippen MR) is 66.0 cm³/mol. The Balaban J connectivity index is 2.26. The number of pyridine rings is 1. The molecule has 0 aliphatic heterocycles. The van der Waals surface area contributed by atoms with Crippen LogP contribution in [-0.4, -0.2) is 31.2 Å². The number of carbonyl (C=O) groups excluding carboxylic acids is 1. The lowest BCUT2D eigenvalue weighted by Gasteiger charge is -2.06. The van der Waals surface area contributed by atoms with Gasteiger partial charge in [-0.05, 0) is 5.39 Å². The van der Waals surface area contributed by atoms with E-state index in [0.29, 0.717) is 18.7 Å². The lowest BCUT2D eigenvalue weighted by atomic mass is 10.1. The Morgan fingerprint density at radius 2 is 2.18 bits per heavy atom. The van der Waals surface area contributed by atoms with Gasteiger partial charge in [-0.2, -0.15) is 0 Å². The molecule has 0 atom stereocenters. The molecule has 1 amide bonds. The fourth-order valence-electron chi connectivity index (χ4n) is 1.66. The van der Waals surface area contributed by atoms with Crippen LogP contribution in [0.25, 0.3) is 10.8 Å². The molecular formula is C13H14N2O2. The van der Waals surface area contributed by atoms with Crippen molar-refractivity contribution in [1.82, 2.24) is 10.3 Å². The zero-order chi connectivity index (χ0) is 12.1. The van der Waals surface area contributed by atoms with Gasteiger partial charge in [0.1, 0.15) is 0 Å². The second-order valence-electron chi connectivity index (χ2n) is 3.66. The molecule has 0 unspecified atom stereocenters. The molecule has 1 aromatic heterocycles. The molecular weight excluding hydrogens is 216 g/mol. The summed E-state index contributed by atoms with van der Waals surface area (Å²) in [6, 6.07) is 7.70. The molecule has 2 aromatic rings. The molecule has 0 aliphatic carbocycles. The minimum atomic E-state index is -0.119. The smallest absolute Gasteiger partial charge is 0.253 e. The van der Waals surface area contributed by atoms with Crippen LogP contribution in [0.3, 0.4) is 0 Å². The molecule has 1 aromatic carbocycles. The number of benzene rings is 1. The Morgan fingerprint density at radius 3 is 3.00 bits per heavy atom. The van der Waals surface area contributed by atoms with Crippen LogP contribution >= 0.6 is 0 Å². The topological polar surface area (TPSA) is 51.2 Å². The van der Waals surface area contributed by atoms with E-state index in [1.54, 1.807) is 19.5 Å². The minimum absolute atomic E-state index is 0.119. The van der Waals surface area contributed by atoms with Crippen molar-refractivity contribution in [2.24, 2.45) is 0 Å². The molecule has 88 valence electrons. The summed E-state index contributed by atoms with van der Waals surface area (Å²) in [6.07, 6.45) is 3.34. The summed E-state index contributed by atoms with van der Waals surface area (Å²) >= 11 is 0. The van der Waals surface area contributed by atoms with Gasteiger partial charge in [-0.15, -0.1) is 0 Å². The third-order valence-electron chi connectivity index (χ3n) is 2.50. The van der Waals surface area contributed by atoms with Crippen LogP contribution in [0.4, 0.5) is 0 Å². The van der Waals surface area contributed by atoms with E-state index >= 15 is 0 Å². The average molecular weight is 230 g/mol. The van der Waals surface area contributed by atoms with Crippen molar-refractivity contribution in [1.29, 1.82) is 0 Å². The first-order valence-corrected chi connectivity index (χ1v) is 5.43. The second-order valence-corrected chi connectivity index (χ2v) is 3.66. The SMILES string of the molecule is COCCNC(=O)c1cncc2ccccc12. The Labute approximate surface area is 99.6 Å². The molecule has 0 saturated heterocycles. The van der Waals surface area contributed by atoms with Gasteiger partial charge in [0.2, 0.25) is 0 Å². The van der Waals surface area contributed by atoms with Gasteiger partial charge in [-0.25, -0.2) is 0 Å². The van der Waals surface area contributed by atoms with Crippen LogP contribution in [0.1, 0.15) is 10.4 Å². The van der Waals surface area contributed by atoms with Gasteiger partial charge in [0, 0.05) is 31.4 Å². The number of hydrogen-bond donors (Lipinski definition) is 1. The molecule has 0 spiro atoms. The van der Waals surface area contributed by atoms with Crippen molar-refractivity contribution in [3.63, 3.8) is 0 Å². The molecule has 1 heterocycles. The fourth-order valence-corrected chi connectivity index (χ4v) is 1.66. The summed E-state index contributed by atoms with van der Waals surface area (Å²) in [6.45, 7) is 1.00. The van der Waals surface area contributed by atoms with Crippen LogP contribution in [0.5, 0.6) is 0 Å². The number of nitrogens with one attached hydrogen (secondary N) is 1. The van der Waals surface area contributed by atoms with Crippen molar-refractivity contribution >= 4 is 16.7 Å². The quantitative estimate of drug-likeness (QED) is 0.812. The maximum Gasteiger partial charge on any atom is 0.253 e. The zero-order valence-corrected chi connectivity index (χ0v) is 9.64. The Hall–Kier alpha value is -1.94. The summed E-state index contributed by atoms with van der Waals surface area (Å²) in [7, 11) is 1.60. The third kappa shape index (κ3) is 2.60. The van der Waals surface area contributed by atoms with Gasteiger partial charge in [-0.1, -0.05) is 24.3 Å². The number of hydrogen-bond acceptors (Lipinski definition) is 3. The van der Waals surface area contributed by atoms with E-state index in [9.17, 15) is 4.79 Å².